The third kappa shape index (κ3) is 3.40. The second-order valence-corrected chi connectivity index (χ2v) is 8.60. The third-order valence-electron chi connectivity index (χ3n) is 6.46. The van der Waals surface area contributed by atoms with E-state index >= 15 is 0 Å². The zero-order valence-electron chi connectivity index (χ0n) is 18.2. The molecule has 31 heavy (non-hydrogen) atoms. The summed E-state index contributed by atoms with van der Waals surface area (Å²) in [7, 11) is 3.79. The number of likely N-dealkylation sites (tertiary alicyclic amines) is 1. The number of rotatable bonds is 3. The Balaban J connectivity index is 1.44. The van der Waals surface area contributed by atoms with Crippen LogP contribution in [0.2, 0.25) is 0 Å². The maximum atomic E-state index is 12.9. The van der Waals surface area contributed by atoms with Crippen molar-refractivity contribution in [3.8, 4) is 17.1 Å². The Morgan fingerprint density at radius 2 is 1.84 bits per heavy atom. The molecular weight excluding hydrogens is 394 g/mol. The second-order valence-electron chi connectivity index (χ2n) is 8.60. The SMILES string of the molecule is COc1ccc(-c2nnc3n2C2(CCN(C(=O)c4ccc(C)o4)CC2)CN(C)C3)cc1. The smallest absolute Gasteiger partial charge is 0.289 e. The van der Waals surface area contributed by atoms with Gasteiger partial charge in [-0.1, -0.05) is 0 Å². The number of nitrogens with zero attached hydrogens (tertiary/aromatic N) is 5. The van der Waals surface area contributed by atoms with E-state index in [1.165, 1.54) is 0 Å². The summed E-state index contributed by atoms with van der Waals surface area (Å²) in [5.41, 5.74) is 0.879. The van der Waals surface area contributed by atoms with Crippen LogP contribution in [0, 0.1) is 6.92 Å². The van der Waals surface area contributed by atoms with Gasteiger partial charge >= 0.3 is 0 Å². The number of fused-ring (bicyclic) bond motifs is 2. The molecule has 2 aliphatic rings. The van der Waals surface area contributed by atoms with Crippen molar-refractivity contribution in [3.05, 3.63) is 53.7 Å². The number of likely N-dealkylation sites (N-methyl/N-ethyl adjacent to an activating group) is 1. The average molecular weight is 422 g/mol. The van der Waals surface area contributed by atoms with Crippen molar-refractivity contribution in [2.45, 2.75) is 31.8 Å². The normalized spacial score (nSPS) is 18.2. The molecule has 0 unspecified atom stereocenters. The standard InChI is InChI=1S/C23H27N5O3/c1-16-4-9-19(31-16)22(29)27-12-10-23(11-13-27)15-26(2)14-20-24-25-21(28(20)23)17-5-7-18(30-3)8-6-17/h4-9H,10-15H2,1-3H3. The van der Waals surface area contributed by atoms with Crippen molar-refractivity contribution >= 4 is 5.91 Å². The molecule has 1 saturated heterocycles. The van der Waals surface area contributed by atoms with Gasteiger partial charge in [0.25, 0.3) is 5.91 Å². The molecule has 1 fully saturated rings. The number of hydrogen-bond acceptors (Lipinski definition) is 6. The van der Waals surface area contributed by atoms with Crippen molar-refractivity contribution in [2.24, 2.45) is 0 Å². The zero-order valence-corrected chi connectivity index (χ0v) is 18.2. The lowest BCUT2D eigenvalue weighted by Crippen LogP contribution is -2.56. The van der Waals surface area contributed by atoms with Crippen molar-refractivity contribution in [3.63, 3.8) is 0 Å². The van der Waals surface area contributed by atoms with Crippen molar-refractivity contribution < 1.29 is 13.9 Å². The number of aromatic nitrogens is 3. The molecule has 1 amide bonds. The molecule has 2 aliphatic heterocycles. The predicted molar refractivity (Wildman–Crippen MR) is 115 cm³/mol. The summed E-state index contributed by atoms with van der Waals surface area (Å²) >= 11 is 0. The first-order valence-corrected chi connectivity index (χ1v) is 10.6. The Bertz CT molecular complexity index is 1090. The molecule has 5 rings (SSSR count). The second kappa shape index (κ2) is 7.53. The van der Waals surface area contributed by atoms with E-state index in [9.17, 15) is 4.79 Å². The van der Waals surface area contributed by atoms with Gasteiger partial charge in [-0.15, -0.1) is 10.2 Å². The van der Waals surface area contributed by atoms with E-state index < -0.39 is 0 Å². The fourth-order valence-corrected chi connectivity index (χ4v) is 4.93. The van der Waals surface area contributed by atoms with Crippen LogP contribution in [0.3, 0.4) is 0 Å². The largest absolute Gasteiger partial charge is 0.497 e. The Morgan fingerprint density at radius 3 is 2.48 bits per heavy atom. The molecule has 0 bridgehead atoms. The number of ether oxygens (including phenoxy) is 1. The van der Waals surface area contributed by atoms with E-state index in [4.69, 9.17) is 9.15 Å². The van der Waals surface area contributed by atoms with Crippen LogP contribution in [0.5, 0.6) is 5.75 Å². The minimum absolute atomic E-state index is 0.0357. The van der Waals surface area contributed by atoms with Gasteiger partial charge in [-0.3, -0.25) is 9.69 Å². The topological polar surface area (TPSA) is 76.6 Å². The number of furan rings is 1. The lowest BCUT2D eigenvalue weighted by molar-refractivity contribution is 0.0389. The lowest BCUT2D eigenvalue weighted by atomic mass is 9.84. The van der Waals surface area contributed by atoms with Crippen LogP contribution in [0.25, 0.3) is 11.4 Å². The number of piperidine rings is 1. The molecule has 2 aromatic heterocycles. The summed E-state index contributed by atoms with van der Waals surface area (Å²) in [6.07, 6.45) is 1.69. The maximum absolute atomic E-state index is 12.9. The first kappa shape index (κ1) is 19.8. The lowest BCUT2D eigenvalue weighted by Gasteiger charge is -2.48. The molecule has 3 aromatic rings. The zero-order chi connectivity index (χ0) is 21.6. The highest BCUT2D eigenvalue weighted by atomic mass is 16.5. The summed E-state index contributed by atoms with van der Waals surface area (Å²) < 4.78 is 13.2. The van der Waals surface area contributed by atoms with Crippen LogP contribution in [0.1, 0.15) is 35.0 Å². The molecule has 8 nitrogen and oxygen atoms in total. The summed E-state index contributed by atoms with van der Waals surface area (Å²) in [6.45, 7) is 4.87. The third-order valence-corrected chi connectivity index (χ3v) is 6.46. The Morgan fingerprint density at radius 1 is 1.10 bits per heavy atom. The quantitative estimate of drug-likeness (QED) is 0.647. The van der Waals surface area contributed by atoms with E-state index in [2.05, 4.69) is 26.7 Å². The van der Waals surface area contributed by atoms with Crippen molar-refractivity contribution in [1.29, 1.82) is 0 Å². The predicted octanol–water partition coefficient (Wildman–Crippen LogP) is 2.93. The van der Waals surface area contributed by atoms with Crippen molar-refractivity contribution in [2.75, 3.05) is 33.8 Å². The minimum atomic E-state index is -0.142. The molecule has 162 valence electrons. The number of methoxy groups -OCH3 is 1. The summed E-state index contributed by atoms with van der Waals surface area (Å²) in [5, 5.41) is 9.09. The van der Waals surface area contributed by atoms with E-state index in [0.717, 1.165) is 54.7 Å². The fourth-order valence-electron chi connectivity index (χ4n) is 4.93. The summed E-state index contributed by atoms with van der Waals surface area (Å²) in [5.74, 6) is 3.80. The molecule has 4 heterocycles. The van der Waals surface area contributed by atoms with E-state index in [1.807, 2.05) is 42.2 Å². The number of amides is 1. The first-order valence-electron chi connectivity index (χ1n) is 10.6. The van der Waals surface area contributed by atoms with Gasteiger partial charge in [0, 0.05) is 25.2 Å². The molecule has 0 saturated carbocycles. The van der Waals surface area contributed by atoms with Crippen LogP contribution in [0.15, 0.2) is 40.8 Å². The molecule has 0 atom stereocenters. The number of carbonyl (C=O) groups excluding carboxylic acids is 1. The molecule has 0 N–H and O–H groups in total. The first-order chi connectivity index (χ1) is 15.0. The van der Waals surface area contributed by atoms with Gasteiger partial charge in [0.1, 0.15) is 17.3 Å². The van der Waals surface area contributed by atoms with E-state index in [-0.39, 0.29) is 11.4 Å². The highest BCUT2D eigenvalue weighted by molar-refractivity contribution is 5.91. The van der Waals surface area contributed by atoms with Gasteiger partial charge in [-0.25, -0.2) is 0 Å². The Kier molecular flexibility index (Phi) is 4.81. The van der Waals surface area contributed by atoms with E-state index in [1.54, 1.807) is 13.2 Å². The van der Waals surface area contributed by atoms with Crippen LogP contribution in [-0.4, -0.2) is 64.3 Å². The van der Waals surface area contributed by atoms with E-state index in [0.29, 0.717) is 18.8 Å². The molecular formula is C23H27N5O3. The molecule has 1 aromatic carbocycles. The van der Waals surface area contributed by atoms with Gasteiger partial charge in [-0.2, -0.15) is 0 Å². The van der Waals surface area contributed by atoms with Gasteiger partial charge in [-0.05, 0) is 63.2 Å². The van der Waals surface area contributed by atoms with Gasteiger partial charge in [0.15, 0.2) is 11.6 Å². The molecule has 1 spiro atoms. The molecule has 0 aliphatic carbocycles. The summed E-state index contributed by atoms with van der Waals surface area (Å²) in [6, 6.07) is 11.5. The van der Waals surface area contributed by atoms with Gasteiger partial charge in [0.05, 0.1) is 19.2 Å². The highest BCUT2D eigenvalue weighted by Crippen LogP contribution is 2.39. The van der Waals surface area contributed by atoms with Crippen LogP contribution >= 0.6 is 0 Å². The van der Waals surface area contributed by atoms with Gasteiger partial charge < -0.3 is 18.6 Å². The number of benzene rings is 1. The van der Waals surface area contributed by atoms with Gasteiger partial charge in [0.2, 0.25) is 0 Å². The number of aryl methyl sites for hydroxylation is 1. The monoisotopic (exact) mass is 421 g/mol. The summed E-state index contributed by atoms with van der Waals surface area (Å²) in [4.78, 5) is 17.1. The minimum Gasteiger partial charge on any atom is -0.497 e. The van der Waals surface area contributed by atoms with Crippen LogP contribution < -0.4 is 4.74 Å². The molecule has 8 heteroatoms. The Labute approximate surface area is 181 Å². The molecule has 0 radical (unpaired) electrons. The highest BCUT2D eigenvalue weighted by Gasteiger charge is 2.44. The van der Waals surface area contributed by atoms with Crippen LogP contribution in [-0.2, 0) is 12.1 Å². The number of hydrogen-bond donors (Lipinski definition) is 0. The fraction of sp³-hybridized carbons (Fsp3) is 0.435. The number of carbonyl (C=O) groups is 1. The average Bonchev–Trinajstić information content (AvgIpc) is 3.40. The van der Waals surface area contributed by atoms with Crippen LogP contribution in [0.4, 0.5) is 0 Å². The maximum Gasteiger partial charge on any atom is 0.289 e. The Hall–Kier alpha value is -3.13. The van der Waals surface area contributed by atoms with Crippen molar-refractivity contribution in [1.82, 2.24) is 24.6 Å².